The van der Waals surface area contributed by atoms with Gasteiger partial charge in [0, 0.05) is 31.5 Å². The van der Waals surface area contributed by atoms with Gasteiger partial charge in [0.25, 0.3) is 0 Å². The molecule has 1 atom stereocenters. The molecule has 0 aromatic carbocycles. The molecule has 0 radical (unpaired) electrons. The smallest absolute Gasteiger partial charge is 0.0270 e. The van der Waals surface area contributed by atoms with Crippen molar-refractivity contribution in [1.29, 1.82) is 0 Å². The van der Waals surface area contributed by atoms with Crippen molar-refractivity contribution < 1.29 is 0 Å². The van der Waals surface area contributed by atoms with Gasteiger partial charge in [-0.25, -0.2) is 0 Å². The molecule has 1 aromatic rings. The molecular formula is C15H27N3. The van der Waals surface area contributed by atoms with Crippen molar-refractivity contribution in [2.24, 2.45) is 11.1 Å². The number of hydrogen-bond donors (Lipinski definition) is 1. The van der Waals surface area contributed by atoms with Crippen LogP contribution in [0.25, 0.3) is 0 Å². The van der Waals surface area contributed by atoms with E-state index in [2.05, 4.69) is 49.8 Å². The second-order valence-corrected chi connectivity index (χ2v) is 6.24. The molecule has 0 fully saturated rings. The number of aromatic nitrogens is 1. The van der Waals surface area contributed by atoms with Crippen LogP contribution >= 0.6 is 0 Å². The fourth-order valence-corrected chi connectivity index (χ4v) is 2.16. The molecule has 2 N–H and O–H groups in total. The Hall–Kier alpha value is -0.930. The summed E-state index contributed by atoms with van der Waals surface area (Å²) in [6.45, 7) is 8.58. The molecule has 0 amide bonds. The first-order chi connectivity index (χ1) is 8.42. The molecule has 1 rings (SSSR count). The van der Waals surface area contributed by atoms with Crippen LogP contribution < -0.4 is 5.73 Å². The Bertz CT molecular complexity index is 329. The minimum Gasteiger partial charge on any atom is -0.329 e. The lowest BCUT2D eigenvalue weighted by atomic mass is 9.87. The zero-order chi connectivity index (χ0) is 13.6. The molecule has 0 bridgehead atoms. The highest BCUT2D eigenvalue weighted by Crippen LogP contribution is 2.22. The van der Waals surface area contributed by atoms with Gasteiger partial charge in [-0.05, 0) is 43.0 Å². The molecule has 3 nitrogen and oxygen atoms in total. The first-order valence-electron chi connectivity index (χ1n) is 6.71. The van der Waals surface area contributed by atoms with Crippen molar-refractivity contribution in [1.82, 2.24) is 9.88 Å². The van der Waals surface area contributed by atoms with Crippen LogP contribution in [0.4, 0.5) is 0 Å². The van der Waals surface area contributed by atoms with Crippen LogP contribution in [0.3, 0.4) is 0 Å². The molecule has 102 valence electrons. The van der Waals surface area contributed by atoms with Gasteiger partial charge in [0.15, 0.2) is 0 Å². The van der Waals surface area contributed by atoms with E-state index >= 15 is 0 Å². The standard InChI is InChI=1S/C15H27N3/c1-15(2,3)11-14(12-16)18(4)10-7-13-5-8-17-9-6-13/h5-6,8-9,14H,7,10-12,16H2,1-4H3. The molecular weight excluding hydrogens is 222 g/mol. The highest BCUT2D eigenvalue weighted by Gasteiger charge is 2.20. The molecule has 3 heteroatoms. The fraction of sp³-hybridized carbons (Fsp3) is 0.667. The van der Waals surface area contributed by atoms with Crippen molar-refractivity contribution in [3.8, 4) is 0 Å². The highest BCUT2D eigenvalue weighted by molar-refractivity contribution is 5.09. The Labute approximate surface area is 111 Å². The van der Waals surface area contributed by atoms with E-state index < -0.39 is 0 Å². The van der Waals surface area contributed by atoms with E-state index in [0.717, 1.165) is 25.9 Å². The molecule has 0 saturated heterocycles. The van der Waals surface area contributed by atoms with Gasteiger partial charge < -0.3 is 10.6 Å². The number of nitrogens with zero attached hydrogens (tertiary/aromatic N) is 2. The number of hydrogen-bond acceptors (Lipinski definition) is 3. The van der Waals surface area contributed by atoms with Gasteiger partial charge in [0.1, 0.15) is 0 Å². The summed E-state index contributed by atoms with van der Waals surface area (Å²) in [6, 6.07) is 4.62. The lowest BCUT2D eigenvalue weighted by Gasteiger charge is -2.32. The van der Waals surface area contributed by atoms with E-state index in [9.17, 15) is 0 Å². The van der Waals surface area contributed by atoms with Gasteiger partial charge in [-0.3, -0.25) is 4.98 Å². The molecule has 0 aliphatic rings. The van der Waals surface area contributed by atoms with Crippen LogP contribution in [0.15, 0.2) is 24.5 Å². The molecule has 0 aliphatic carbocycles. The van der Waals surface area contributed by atoms with Crippen LogP contribution in [-0.4, -0.2) is 36.1 Å². The SMILES string of the molecule is CN(CCc1ccncc1)C(CN)CC(C)(C)C. The molecule has 1 heterocycles. The summed E-state index contributed by atoms with van der Waals surface area (Å²) >= 11 is 0. The molecule has 0 spiro atoms. The van der Waals surface area contributed by atoms with Gasteiger partial charge in [-0.15, -0.1) is 0 Å². The average molecular weight is 249 g/mol. The van der Waals surface area contributed by atoms with Crippen LogP contribution in [-0.2, 0) is 6.42 Å². The average Bonchev–Trinajstić information content (AvgIpc) is 2.33. The molecule has 1 unspecified atom stereocenters. The van der Waals surface area contributed by atoms with Crippen molar-refractivity contribution in [3.05, 3.63) is 30.1 Å². The van der Waals surface area contributed by atoms with Gasteiger partial charge >= 0.3 is 0 Å². The first-order valence-corrected chi connectivity index (χ1v) is 6.71. The zero-order valence-corrected chi connectivity index (χ0v) is 12.2. The second kappa shape index (κ2) is 6.86. The lowest BCUT2D eigenvalue weighted by Crippen LogP contribution is -2.41. The van der Waals surface area contributed by atoms with E-state index in [1.54, 1.807) is 0 Å². The van der Waals surface area contributed by atoms with Gasteiger partial charge in [-0.2, -0.15) is 0 Å². The fourth-order valence-electron chi connectivity index (χ4n) is 2.16. The zero-order valence-electron chi connectivity index (χ0n) is 12.2. The maximum Gasteiger partial charge on any atom is 0.0270 e. The van der Waals surface area contributed by atoms with Gasteiger partial charge in [0.2, 0.25) is 0 Å². The Morgan fingerprint density at radius 3 is 2.39 bits per heavy atom. The summed E-state index contributed by atoms with van der Waals surface area (Å²) in [7, 11) is 2.17. The third-order valence-corrected chi connectivity index (χ3v) is 3.25. The van der Waals surface area contributed by atoms with Crippen LogP contribution in [0.5, 0.6) is 0 Å². The van der Waals surface area contributed by atoms with Crippen molar-refractivity contribution in [2.45, 2.75) is 39.7 Å². The number of rotatable bonds is 6. The Kier molecular flexibility index (Phi) is 5.76. The van der Waals surface area contributed by atoms with Crippen LogP contribution in [0.2, 0.25) is 0 Å². The minimum atomic E-state index is 0.328. The number of likely N-dealkylation sites (N-methyl/N-ethyl adjacent to an activating group) is 1. The predicted molar refractivity (Wildman–Crippen MR) is 77.5 cm³/mol. The van der Waals surface area contributed by atoms with Crippen LogP contribution in [0.1, 0.15) is 32.8 Å². The quantitative estimate of drug-likeness (QED) is 0.841. The summed E-state index contributed by atoms with van der Waals surface area (Å²) in [6.07, 6.45) is 5.89. The Morgan fingerprint density at radius 1 is 1.28 bits per heavy atom. The maximum absolute atomic E-state index is 5.90. The van der Waals surface area contributed by atoms with Crippen LogP contribution in [0, 0.1) is 5.41 Å². The first kappa shape index (κ1) is 15.1. The summed E-state index contributed by atoms with van der Waals surface area (Å²) in [5, 5.41) is 0. The molecule has 18 heavy (non-hydrogen) atoms. The summed E-state index contributed by atoms with van der Waals surface area (Å²) in [5.41, 5.74) is 7.56. The topological polar surface area (TPSA) is 42.2 Å². The van der Waals surface area contributed by atoms with E-state index in [1.165, 1.54) is 5.56 Å². The summed E-state index contributed by atoms with van der Waals surface area (Å²) in [5.74, 6) is 0. The maximum atomic E-state index is 5.90. The third kappa shape index (κ3) is 5.61. The molecule has 0 saturated carbocycles. The lowest BCUT2D eigenvalue weighted by molar-refractivity contribution is 0.185. The Morgan fingerprint density at radius 2 is 1.89 bits per heavy atom. The molecule has 0 aliphatic heterocycles. The van der Waals surface area contributed by atoms with Crippen molar-refractivity contribution in [2.75, 3.05) is 20.1 Å². The van der Waals surface area contributed by atoms with E-state index in [4.69, 9.17) is 5.73 Å². The summed E-state index contributed by atoms with van der Waals surface area (Å²) < 4.78 is 0. The third-order valence-electron chi connectivity index (χ3n) is 3.25. The van der Waals surface area contributed by atoms with Crippen molar-refractivity contribution >= 4 is 0 Å². The second-order valence-electron chi connectivity index (χ2n) is 6.24. The highest BCUT2D eigenvalue weighted by atomic mass is 15.1. The number of nitrogens with two attached hydrogens (primary N) is 1. The Balaban J connectivity index is 2.45. The predicted octanol–water partition coefficient (Wildman–Crippen LogP) is 2.32. The van der Waals surface area contributed by atoms with E-state index in [1.807, 2.05) is 12.4 Å². The van der Waals surface area contributed by atoms with Gasteiger partial charge in [0.05, 0.1) is 0 Å². The minimum absolute atomic E-state index is 0.328. The number of pyridine rings is 1. The summed E-state index contributed by atoms with van der Waals surface area (Å²) in [4.78, 5) is 6.42. The van der Waals surface area contributed by atoms with Gasteiger partial charge in [-0.1, -0.05) is 20.8 Å². The normalized spacial score (nSPS) is 13.9. The largest absolute Gasteiger partial charge is 0.329 e. The van der Waals surface area contributed by atoms with E-state index in [0.29, 0.717) is 11.5 Å². The monoisotopic (exact) mass is 249 g/mol. The van der Waals surface area contributed by atoms with Crippen molar-refractivity contribution in [3.63, 3.8) is 0 Å². The van der Waals surface area contributed by atoms with E-state index in [-0.39, 0.29) is 0 Å². The molecule has 1 aromatic heterocycles.